The average molecular weight is 113 g/mol. The highest BCUT2D eigenvalue weighted by Crippen LogP contribution is 1.77. The summed E-state index contributed by atoms with van der Waals surface area (Å²) in [5.74, 6) is 2.54. The molecule has 0 unspecified atom stereocenters. The lowest BCUT2D eigenvalue weighted by Gasteiger charge is -2.03. The second-order valence-electron chi connectivity index (χ2n) is 1.84. The van der Waals surface area contributed by atoms with E-state index in [2.05, 4.69) is 5.92 Å². The third-order valence-electron chi connectivity index (χ3n) is 0.763. The van der Waals surface area contributed by atoms with E-state index in [4.69, 9.17) is 5.11 Å². The first-order chi connectivity index (χ1) is 3.77. The number of aliphatic hydroxyl groups excluding tert-OH is 1. The van der Waals surface area contributed by atoms with E-state index in [1.165, 1.54) is 0 Å². The molecule has 0 aromatic rings. The highest BCUT2D eigenvalue weighted by atomic mass is 16.2. The monoisotopic (exact) mass is 113 g/mol. The van der Waals surface area contributed by atoms with Gasteiger partial charge in [-0.3, -0.25) is 0 Å². The van der Waals surface area contributed by atoms with E-state index in [9.17, 15) is 0 Å². The van der Waals surface area contributed by atoms with Crippen LogP contribution in [0, 0.1) is 12.0 Å². The van der Waals surface area contributed by atoms with Crippen LogP contribution in [-0.4, -0.2) is 30.6 Å². The highest BCUT2D eigenvalue weighted by Gasteiger charge is 1.82. The second-order valence-corrected chi connectivity index (χ2v) is 1.84. The Kier molecular flexibility index (Phi) is 4.10. The quantitative estimate of drug-likeness (QED) is 0.520. The molecule has 0 radical (unpaired) electrons. The average Bonchev–Trinajstić information content (AvgIpc) is 1.66. The zero-order chi connectivity index (χ0) is 6.41. The van der Waals surface area contributed by atoms with E-state index in [-0.39, 0.29) is 0 Å². The first-order valence-electron chi connectivity index (χ1n) is 2.54. The summed E-state index contributed by atoms with van der Waals surface area (Å²) in [6.07, 6.45) is 2.59. The van der Waals surface area contributed by atoms with E-state index in [0.717, 1.165) is 13.0 Å². The normalized spacial score (nSPS) is 8.38. The van der Waals surface area contributed by atoms with Crippen molar-refractivity contribution in [2.24, 2.45) is 0 Å². The van der Waals surface area contributed by atoms with Crippen LogP contribution in [-0.2, 0) is 0 Å². The van der Waals surface area contributed by atoms with Gasteiger partial charge in [0.25, 0.3) is 0 Å². The Balaban J connectivity index is 3.01. The van der Waals surface area contributed by atoms with Crippen LogP contribution >= 0.6 is 0 Å². The molecule has 1 N–H and O–H groups in total. The fourth-order valence-corrected chi connectivity index (χ4v) is 0.335. The van der Waals surface area contributed by atoms with Crippen molar-refractivity contribution in [2.45, 2.75) is 6.42 Å². The van der Waals surface area contributed by atoms with Crippen molar-refractivity contribution < 1.29 is 5.11 Å². The van der Waals surface area contributed by atoms with Gasteiger partial charge in [0.2, 0.25) is 0 Å². The smallest absolute Gasteiger partial charge is 0.107 e. The zero-order valence-electron chi connectivity index (χ0n) is 5.31. The SMILES string of the molecule is CN(C)CCC#CO. The van der Waals surface area contributed by atoms with Crippen molar-refractivity contribution in [3.8, 4) is 12.0 Å². The topological polar surface area (TPSA) is 23.5 Å². The molecule has 46 valence electrons. The standard InChI is InChI=1S/C6H11NO/c1-7(2)5-3-4-6-8/h8H,3,5H2,1-2H3. The summed E-state index contributed by atoms with van der Waals surface area (Å²) in [7, 11) is 3.94. The molecule has 8 heavy (non-hydrogen) atoms. The Morgan fingerprint density at radius 2 is 2.12 bits per heavy atom. The van der Waals surface area contributed by atoms with Gasteiger partial charge in [0.05, 0.1) is 0 Å². The van der Waals surface area contributed by atoms with Crippen molar-refractivity contribution in [1.82, 2.24) is 4.90 Å². The summed E-state index contributed by atoms with van der Waals surface area (Å²) in [5.41, 5.74) is 0. The van der Waals surface area contributed by atoms with E-state index in [1.807, 2.05) is 25.1 Å². The minimum absolute atomic E-state index is 0.740. The van der Waals surface area contributed by atoms with Crippen LogP contribution in [0.1, 0.15) is 6.42 Å². The Hall–Kier alpha value is -0.680. The summed E-state index contributed by atoms with van der Waals surface area (Å²) in [6, 6.07) is 0. The summed E-state index contributed by atoms with van der Waals surface area (Å²) < 4.78 is 0. The maximum atomic E-state index is 8.00. The molecule has 0 saturated carbocycles. The van der Waals surface area contributed by atoms with Gasteiger partial charge in [-0.05, 0) is 14.1 Å². The fraction of sp³-hybridized carbons (Fsp3) is 0.667. The number of hydrogen-bond donors (Lipinski definition) is 1. The third-order valence-corrected chi connectivity index (χ3v) is 0.763. The van der Waals surface area contributed by atoms with Crippen molar-refractivity contribution in [2.75, 3.05) is 20.6 Å². The van der Waals surface area contributed by atoms with Gasteiger partial charge in [-0.15, -0.1) is 0 Å². The molecule has 0 bridgehead atoms. The molecule has 0 aromatic heterocycles. The van der Waals surface area contributed by atoms with E-state index >= 15 is 0 Å². The molecule has 2 nitrogen and oxygen atoms in total. The summed E-state index contributed by atoms with van der Waals surface area (Å²) in [6.45, 7) is 0.910. The maximum Gasteiger partial charge on any atom is 0.107 e. The van der Waals surface area contributed by atoms with Crippen LogP contribution in [0.2, 0.25) is 0 Å². The molecular formula is C6H11NO. The molecule has 0 amide bonds. The number of rotatable bonds is 2. The Morgan fingerprint density at radius 3 is 2.50 bits per heavy atom. The fourth-order valence-electron chi connectivity index (χ4n) is 0.335. The minimum Gasteiger partial charge on any atom is -0.462 e. The minimum atomic E-state index is 0.740. The summed E-state index contributed by atoms with van der Waals surface area (Å²) in [5, 5.41) is 8.00. The predicted molar refractivity (Wildman–Crippen MR) is 32.9 cm³/mol. The van der Waals surface area contributed by atoms with Gasteiger partial charge in [0.1, 0.15) is 6.11 Å². The molecule has 0 aliphatic carbocycles. The Bertz CT molecular complexity index is 98.8. The van der Waals surface area contributed by atoms with Crippen LogP contribution in [0.3, 0.4) is 0 Å². The molecule has 0 fully saturated rings. The number of aliphatic hydroxyl groups is 1. The predicted octanol–water partition coefficient (Wildman–Crippen LogP) is 0.272. The molecular weight excluding hydrogens is 102 g/mol. The molecule has 0 rings (SSSR count). The zero-order valence-corrected chi connectivity index (χ0v) is 5.31. The molecule has 0 atom stereocenters. The van der Waals surface area contributed by atoms with Gasteiger partial charge in [-0.2, -0.15) is 0 Å². The van der Waals surface area contributed by atoms with Gasteiger partial charge < -0.3 is 10.0 Å². The van der Waals surface area contributed by atoms with Gasteiger partial charge in [-0.1, -0.05) is 5.92 Å². The van der Waals surface area contributed by atoms with Crippen molar-refractivity contribution in [3.05, 3.63) is 0 Å². The van der Waals surface area contributed by atoms with E-state index in [0.29, 0.717) is 0 Å². The lowest BCUT2D eigenvalue weighted by atomic mass is 10.4. The molecule has 0 spiro atoms. The van der Waals surface area contributed by atoms with Gasteiger partial charge in [-0.25, -0.2) is 0 Å². The first kappa shape index (κ1) is 7.32. The van der Waals surface area contributed by atoms with Crippen molar-refractivity contribution in [1.29, 1.82) is 0 Å². The van der Waals surface area contributed by atoms with Crippen LogP contribution in [0.5, 0.6) is 0 Å². The molecule has 2 heteroatoms. The molecule has 0 heterocycles. The van der Waals surface area contributed by atoms with Gasteiger partial charge >= 0.3 is 0 Å². The van der Waals surface area contributed by atoms with E-state index in [1.54, 1.807) is 0 Å². The largest absolute Gasteiger partial charge is 0.462 e. The number of nitrogens with zero attached hydrogens (tertiary/aromatic N) is 1. The highest BCUT2D eigenvalue weighted by molar-refractivity contribution is 4.89. The van der Waals surface area contributed by atoms with Crippen LogP contribution < -0.4 is 0 Å². The van der Waals surface area contributed by atoms with Crippen LogP contribution in [0.15, 0.2) is 0 Å². The van der Waals surface area contributed by atoms with Gasteiger partial charge in [0.15, 0.2) is 0 Å². The summed E-state index contributed by atoms with van der Waals surface area (Å²) in [4.78, 5) is 2.02. The van der Waals surface area contributed by atoms with Crippen LogP contribution in [0.25, 0.3) is 0 Å². The van der Waals surface area contributed by atoms with Crippen molar-refractivity contribution >= 4 is 0 Å². The molecule has 0 aromatic carbocycles. The number of hydrogen-bond acceptors (Lipinski definition) is 2. The summed E-state index contributed by atoms with van der Waals surface area (Å²) >= 11 is 0. The van der Waals surface area contributed by atoms with Crippen molar-refractivity contribution in [3.63, 3.8) is 0 Å². The molecule has 0 aliphatic rings. The van der Waals surface area contributed by atoms with Crippen LogP contribution in [0.4, 0.5) is 0 Å². The third kappa shape index (κ3) is 5.32. The molecule has 0 aliphatic heterocycles. The Labute approximate surface area is 50.1 Å². The maximum absolute atomic E-state index is 8.00. The Morgan fingerprint density at radius 1 is 1.50 bits per heavy atom. The van der Waals surface area contributed by atoms with Gasteiger partial charge in [0, 0.05) is 13.0 Å². The molecule has 0 saturated heterocycles. The lowest BCUT2D eigenvalue weighted by molar-refractivity contribution is 0.418. The first-order valence-corrected chi connectivity index (χ1v) is 2.54. The van der Waals surface area contributed by atoms with E-state index < -0.39 is 0 Å². The lowest BCUT2D eigenvalue weighted by Crippen LogP contribution is -2.11. The second kappa shape index (κ2) is 4.48.